The van der Waals surface area contributed by atoms with E-state index in [1.165, 1.54) is 31.4 Å². The number of hydrogen-bond acceptors (Lipinski definition) is 2. The Kier molecular flexibility index (Phi) is 4.44. The highest BCUT2D eigenvalue weighted by atomic mass is 15.1. The summed E-state index contributed by atoms with van der Waals surface area (Å²) in [6, 6.07) is 12.7. The summed E-state index contributed by atoms with van der Waals surface area (Å²) in [4.78, 5) is 2.37. The standard InChI is InChI=1S/C15H20N2/c16-11-6-12-17(13-14-7-4-5-8-14)15-9-2-1-3-10-15/h1-3,9-10,14H,4-8,12-13H2. The smallest absolute Gasteiger partial charge is 0.0640 e. The third kappa shape index (κ3) is 3.49. The zero-order chi connectivity index (χ0) is 11.9. The van der Waals surface area contributed by atoms with E-state index >= 15 is 0 Å². The van der Waals surface area contributed by atoms with Crippen LogP contribution in [-0.2, 0) is 0 Å². The lowest BCUT2D eigenvalue weighted by atomic mass is 10.1. The predicted octanol–water partition coefficient (Wildman–Crippen LogP) is 3.60. The molecule has 0 N–H and O–H groups in total. The summed E-state index contributed by atoms with van der Waals surface area (Å²) in [7, 11) is 0. The van der Waals surface area contributed by atoms with E-state index in [0.29, 0.717) is 6.42 Å². The van der Waals surface area contributed by atoms with Crippen LogP contribution in [0.3, 0.4) is 0 Å². The lowest BCUT2D eigenvalue weighted by Gasteiger charge is -2.27. The summed E-state index contributed by atoms with van der Waals surface area (Å²) in [5, 5.41) is 8.75. The first-order valence-electron chi connectivity index (χ1n) is 6.57. The van der Waals surface area contributed by atoms with Crippen molar-refractivity contribution in [2.24, 2.45) is 5.92 Å². The number of anilines is 1. The molecule has 2 rings (SSSR count). The summed E-state index contributed by atoms with van der Waals surface area (Å²) in [6.45, 7) is 1.97. The van der Waals surface area contributed by atoms with Gasteiger partial charge in [-0.2, -0.15) is 5.26 Å². The Morgan fingerprint density at radius 1 is 1.18 bits per heavy atom. The highest BCUT2D eigenvalue weighted by molar-refractivity contribution is 5.46. The number of nitriles is 1. The maximum Gasteiger partial charge on any atom is 0.0640 e. The molecule has 0 bridgehead atoms. The molecule has 0 saturated heterocycles. The van der Waals surface area contributed by atoms with Gasteiger partial charge in [0.1, 0.15) is 0 Å². The van der Waals surface area contributed by atoms with Gasteiger partial charge >= 0.3 is 0 Å². The van der Waals surface area contributed by atoms with Gasteiger partial charge in [0.15, 0.2) is 0 Å². The van der Waals surface area contributed by atoms with Crippen LogP contribution in [-0.4, -0.2) is 13.1 Å². The summed E-state index contributed by atoms with van der Waals surface area (Å²) < 4.78 is 0. The van der Waals surface area contributed by atoms with Gasteiger partial charge < -0.3 is 4.90 Å². The van der Waals surface area contributed by atoms with E-state index in [0.717, 1.165) is 19.0 Å². The Morgan fingerprint density at radius 3 is 2.53 bits per heavy atom. The third-order valence-corrected chi connectivity index (χ3v) is 3.57. The van der Waals surface area contributed by atoms with Crippen LogP contribution in [0.1, 0.15) is 32.1 Å². The Labute approximate surface area is 104 Å². The van der Waals surface area contributed by atoms with Gasteiger partial charge in [0.25, 0.3) is 0 Å². The van der Waals surface area contributed by atoms with Gasteiger partial charge in [0.05, 0.1) is 12.5 Å². The van der Waals surface area contributed by atoms with Gasteiger partial charge in [-0.05, 0) is 30.9 Å². The molecule has 0 atom stereocenters. The van der Waals surface area contributed by atoms with Crippen LogP contribution >= 0.6 is 0 Å². The maximum absolute atomic E-state index is 8.75. The van der Waals surface area contributed by atoms with Crippen LogP contribution < -0.4 is 4.90 Å². The number of benzene rings is 1. The van der Waals surface area contributed by atoms with Crippen LogP contribution in [0.2, 0.25) is 0 Å². The number of para-hydroxylation sites is 1. The summed E-state index contributed by atoms with van der Waals surface area (Å²) >= 11 is 0. The maximum atomic E-state index is 8.75. The van der Waals surface area contributed by atoms with Crippen molar-refractivity contribution in [2.45, 2.75) is 32.1 Å². The molecule has 0 aliphatic heterocycles. The van der Waals surface area contributed by atoms with Crippen molar-refractivity contribution < 1.29 is 0 Å². The largest absolute Gasteiger partial charge is 0.370 e. The molecule has 1 saturated carbocycles. The molecule has 2 heteroatoms. The molecule has 0 radical (unpaired) electrons. The minimum absolute atomic E-state index is 0.613. The Hall–Kier alpha value is -1.49. The lowest BCUT2D eigenvalue weighted by Crippen LogP contribution is -2.29. The second-order valence-electron chi connectivity index (χ2n) is 4.84. The zero-order valence-corrected chi connectivity index (χ0v) is 10.3. The highest BCUT2D eigenvalue weighted by Gasteiger charge is 2.18. The fourth-order valence-corrected chi connectivity index (χ4v) is 2.65. The topological polar surface area (TPSA) is 27.0 Å². The molecule has 17 heavy (non-hydrogen) atoms. The summed E-state index contributed by atoms with van der Waals surface area (Å²) in [5.41, 5.74) is 1.26. The predicted molar refractivity (Wildman–Crippen MR) is 70.8 cm³/mol. The zero-order valence-electron chi connectivity index (χ0n) is 10.3. The van der Waals surface area contributed by atoms with E-state index in [2.05, 4.69) is 35.2 Å². The van der Waals surface area contributed by atoms with Crippen molar-refractivity contribution in [1.29, 1.82) is 5.26 Å². The molecule has 1 aliphatic carbocycles. The second kappa shape index (κ2) is 6.30. The monoisotopic (exact) mass is 228 g/mol. The van der Waals surface area contributed by atoms with Crippen LogP contribution in [0.25, 0.3) is 0 Å². The number of nitrogens with zero attached hydrogens (tertiary/aromatic N) is 2. The Bertz CT molecular complexity index is 360. The third-order valence-electron chi connectivity index (χ3n) is 3.57. The van der Waals surface area contributed by atoms with Gasteiger partial charge in [-0.15, -0.1) is 0 Å². The molecule has 1 aromatic carbocycles. The van der Waals surface area contributed by atoms with Crippen molar-refractivity contribution >= 4 is 5.69 Å². The molecule has 1 fully saturated rings. The van der Waals surface area contributed by atoms with Crippen LogP contribution in [0, 0.1) is 17.2 Å². The van der Waals surface area contributed by atoms with Crippen molar-refractivity contribution in [3.05, 3.63) is 30.3 Å². The van der Waals surface area contributed by atoms with Crippen molar-refractivity contribution in [3.8, 4) is 6.07 Å². The Morgan fingerprint density at radius 2 is 1.88 bits per heavy atom. The quantitative estimate of drug-likeness (QED) is 0.770. The first-order valence-corrected chi connectivity index (χ1v) is 6.57. The highest BCUT2D eigenvalue weighted by Crippen LogP contribution is 2.27. The fourth-order valence-electron chi connectivity index (χ4n) is 2.65. The van der Waals surface area contributed by atoms with Gasteiger partial charge in [0, 0.05) is 18.8 Å². The minimum Gasteiger partial charge on any atom is -0.370 e. The summed E-state index contributed by atoms with van der Waals surface area (Å²) in [6.07, 6.45) is 6.09. The number of rotatable bonds is 5. The molecule has 0 heterocycles. The molecule has 90 valence electrons. The molecule has 0 unspecified atom stereocenters. The lowest BCUT2D eigenvalue weighted by molar-refractivity contribution is 0.532. The molecule has 0 spiro atoms. The molecular formula is C15H20N2. The normalized spacial score (nSPS) is 15.7. The fraction of sp³-hybridized carbons (Fsp3) is 0.533. The minimum atomic E-state index is 0.613. The van der Waals surface area contributed by atoms with Crippen molar-refractivity contribution in [3.63, 3.8) is 0 Å². The van der Waals surface area contributed by atoms with Gasteiger partial charge in [-0.25, -0.2) is 0 Å². The van der Waals surface area contributed by atoms with E-state index in [1.807, 2.05) is 6.07 Å². The number of hydrogen-bond donors (Lipinski definition) is 0. The van der Waals surface area contributed by atoms with Crippen LogP contribution in [0.15, 0.2) is 30.3 Å². The van der Waals surface area contributed by atoms with E-state index in [9.17, 15) is 0 Å². The van der Waals surface area contributed by atoms with Crippen molar-refractivity contribution in [1.82, 2.24) is 0 Å². The van der Waals surface area contributed by atoms with Gasteiger partial charge in [-0.1, -0.05) is 31.0 Å². The van der Waals surface area contributed by atoms with E-state index < -0.39 is 0 Å². The van der Waals surface area contributed by atoms with Gasteiger partial charge in [-0.3, -0.25) is 0 Å². The average Bonchev–Trinajstić information content (AvgIpc) is 2.88. The van der Waals surface area contributed by atoms with E-state index in [4.69, 9.17) is 5.26 Å². The van der Waals surface area contributed by atoms with Crippen LogP contribution in [0.4, 0.5) is 5.69 Å². The molecule has 0 aromatic heterocycles. The Balaban J connectivity index is 2.00. The average molecular weight is 228 g/mol. The van der Waals surface area contributed by atoms with E-state index in [-0.39, 0.29) is 0 Å². The molecule has 0 amide bonds. The van der Waals surface area contributed by atoms with Crippen LogP contribution in [0.5, 0.6) is 0 Å². The summed E-state index contributed by atoms with van der Waals surface area (Å²) in [5.74, 6) is 0.828. The second-order valence-corrected chi connectivity index (χ2v) is 4.84. The molecular weight excluding hydrogens is 208 g/mol. The van der Waals surface area contributed by atoms with Crippen molar-refractivity contribution in [2.75, 3.05) is 18.0 Å². The molecule has 1 aromatic rings. The molecule has 1 aliphatic rings. The van der Waals surface area contributed by atoms with E-state index in [1.54, 1.807) is 0 Å². The first-order chi connectivity index (χ1) is 8.40. The SMILES string of the molecule is N#CCCN(CC1CCCC1)c1ccccc1. The molecule has 2 nitrogen and oxygen atoms in total. The van der Waals surface area contributed by atoms with Gasteiger partial charge in [0.2, 0.25) is 0 Å². The first kappa shape index (κ1) is 12.0.